The van der Waals surface area contributed by atoms with Gasteiger partial charge < -0.3 is 29.7 Å². The van der Waals surface area contributed by atoms with Gasteiger partial charge in [-0.2, -0.15) is 0 Å². The Balaban J connectivity index is 1.45. The lowest BCUT2D eigenvalue weighted by Gasteiger charge is -2.13. The Labute approximate surface area is 179 Å². The second kappa shape index (κ2) is 9.29. The Kier molecular flexibility index (Phi) is 6.31. The number of aliphatic hydroxyl groups excluding tert-OH is 2. The van der Waals surface area contributed by atoms with Crippen molar-refractivity contribution in [1.29, 1.82) is 0 Å². The summed E-state index contributed by atoms with van der Waals surface area (Å²) >= 11 is 0. The first-order valence-electron chi connectivity index (χ1n) is 9.89. The summed E-state index contributed by atoms with van der Waals surface area (Å²) in [6.45, 7) is 0.289. The second-order valence-electron chi connectivity index (χ2n) is 7.06. The molecule has 1 aliphatic rings. The Morgan fingerprint density at radius 2 is 2.06 bits per heavy atom. The Morgan fingerprint density at radius 3 is 2.81 bits per heavy atom. The van der Waals surface area contributed by atoms with Gasteiger partial charge in [0.1, 0.15) is 18.7 Å². The van der Waals surface area contributed by atoms with E-state index >= 15 is 0 Å². The first kappa shape index (κ1) is 21.0. The third-order valence-corrected chi connectivity index (χ3v) is 5.16. The highest BCUT2D eigenvalue weighted by atomic mass is 16.5. The number of ether oxygens (including phenoxy) is 3. The number of hydrogen-bond donors (Lipinski definition) is 3. The Bertz CT molecular complexity index is 1070. The molecular weight excluding hydrogens is 402 g/mol. The molecule has 1 fully saturated rings. The molecule has 1 aromatic carbocycles. The van der Waals surface area contributed by atoms with E-state index < -0.39 is 18.4 Å². The second-order valence-corrected chi connectivity index (χ2v) is 7.06. The van der Waals surface area contributed by atoms with Crippen LogP contribution in [0.1, 0.15) is 18.2 Å². The smallest absolute Gasteiger partial charge is 0.167 e. The molecule has 3 aromatic rings. The minimum absolute atomic E-state index is 0.238. The maximum Gasteiger partial charge on any atom is 0.167 e. The van der Waals surface area contributed by atoms with Gasteiger partial charge in [0.15, 0.2) is 28.5 Å². The highest BCUT2D eigenvalue weighted by molar-refractivity contribution is 5.82. The zero-order valence-electron chi connectivity index (χ0n) is 17.3. The summed E-state index contributed by atoms with van der Waals surface area (Å²) in [5.41, 5.74) is 2.18. The summed E-state index contributed by atoms with van der Waals surface area (Å²) in [6, 6.07) is 5.70. The van der Waals surface area contributed by atoms with Gasteiger partial charge in [0, 0.05) is 13.0 Å². The maximum atomic E-state index is 10.00. The molecule has 1 aliphatic heterocycles. The molecule has 164 valence electrons. The molecular formula is C21H25N5O5. The molecule has 10 nitrogen and oxygen atoms in total. The van der Waals surface area contributed by atoms with Crippen molar-refractivity contribution < 1.29 is 24.4 Å². The van der Waals surface area contributed by atoms with E-state index in [0.29, 0.717) is 41.4 Å². The van der Waals surface area contributed by atoms with Crippen molar-refractivity contribution in [3.63, 3.8) is 0 Å². The first-order chi connectivity index (χ1) is 15.1. The van der Waals surface area contributed by atoms with Crippen molar-refractivity contribution in [2.75, 3.05) is 32.7 Å². The summed E-state index contributed by atoms with van der Waals surface area (Å²) in [5, 5.41) is 22.5. The summed E-state index contributed by atoms with van der Waals surface area (Å²) in [4.78, 5) is 13.0. The van der Waals surface area contributed by atoms with Crippen LogP contribution in [0.15, 0.2) is 36.9 Å². The van der Waals surface area contributed by atoms with Crippen molar-refractivity contribution in [3.8, 4) is 11.5 Å². The fraction of sp³-hybridized carbons (Fsp3) is 0.381. The summed E-state index contributed by atoms with van der Waals surface area (Å²) in [6.07, 6.45) is 5.58. The van der Waals surface area contributed by atoms with E-state index in [0.717, 1.165) is 5.56 Å². The summed E-state index contributed by atoms with van der Waals surface area (Å²) in [5.74, 6) is 1.95. The van der Waals surface area contributed by atoms with Gasteiger partial charge in [-0.3, -0.25) is 4.57 Å². The number of imidazole rings is 1. The van der Waals surface area contributed by atoms with E-state index in [4.69, 9.17) is 14.2 Å². The zero-order valence-corrected chi connectivity index (χ0v) is 17.3. The lowest BCUT2D eigenvalue weighted by atomic mass is 10.2. The maximum absolute atomic E-state index is 10.00. The molecule has 3 unspecified atom stereocenters. The monoisotopic (exact) mass is 427 g/mol. The van der Waals surface area contributed by atoms with E-state index in [2.05, 4.69) is 20.3 Å². The van der Waals surface area contributed by atoms with Crippen molar-refractivity contribution in [2.24, 2.45) is 0 Å². The SMILES string of the molecule is COc1ccc(/C=C/CNc2ncnc3c2ncn3C2CC(O)C(CO)O2)cc1OC. The van der Waals surface area contributed by atoms with Crippen LogP contribution < -0.4 is 14.8 Å². The van der Waals surface area contributed by atoms with Crippen molar-refractivity contribution in [3.05, 3.63) is 42.5 Å². The number of nitrogens with one attached hydrogen (secondary N) is 1. The number of nitrogens with zero attached hydrogens (tertiary/aromatic N) is 4. The van der Waals surface area contributed by atoms with Crippen LogP contribution in [-0.2, 0) is 4.74 Å². The van der Waals surface area contributed by atoms with Crippen molar-refractivity contribution in [1.82, 2.24) is 19.5 Å². The van der Waals surface area contributed by atoms with Crippen LogP contribution in [0.5, 0.6) is 11.5 Å². The first-order valence-corrected chi connectivity index (χ1v) is 9.89. The fourth-order valence-corrected chi connectivity index (χ4v) is 3.55. The number of fused-ring (bicyclic) bond motifs is 1. The Morgan fingerprint density at radius 1 is 1.23 bits per heavy atom. The molecule has 0 amide bonds. The van der Waals surface area contributed by atoms with Crippen molar-refractivity contribution >= 4 is 23.1 Å². The number of aromatic nitrogens is 4. The lowest BCUT2D eigenvalue weighted by Crippen LogP contribution is -2.24. The third-order valence-electron chi connectivity index (χ3n) is 5.16. The summed E-state index contributed by atoms with van der Waals surface area (Å²) < 4.78 is 18.0. The minimum atomic E-state index is -0.728. The number of aliphatic hydroxyl groups is 2. The molecule has 2 aromatic heterocycles. The number of benzene rings is 1. The predicted molar refractivity (Wildman–Crippen MR) is 114 cm³/mol. The number of methoxy groups -OCH3 is 2. The van der Waals surface area contributed by atoms with Crippen LogP contribution in [0.2, 0.25) is 0 Å². The topological polar surface area (TPSA) is 124 Å². The highest BCUT2D eigenvalue weighted by Crippen LogP contribution is 2.31. The van der Waals surface area contributed by atoms with Crippen LogP contribution in [-0.4, -0.2) is 69.3 Å². The van der Waals surface area contributed by atoms with E-state index in [9.17, 15) is 10.2 Å². The van der Waals surface area contributed by atoms with E-state index in [-0.39, 0.29) is 6.61 Å². The van der Waals surface area contributed by atoms with Gasteiger partial charge in [0.2, 0.25) is 0 Å². The molecule has 3 atom stereocenters. The van der Waals surface area contributed by atoms with Crippen LogP contribution in [0.3, 0.4) is 0 Å². The highest BCUT2D eigenvalue weighted by Gasteiger charge is 2.35. The van der Waals surface area contributed by atoms with Crippen LogP contribution in [0, 0.1) is 0 Å². The molecule has 4 rings (SSSR count). The quantitative estimate of drug-likeness (QED) is 0.492. The van der Waals surface area contributed by atoms with Crippen LogP contribution >= 0.6 is 0 Å². The van der Waals surface area contributed by atoms with Crippen LogP contribution in [0.25, 0.3) is 17.2 Å². The zero-order chi connectivity index (χ0) is 21.8. The number of rotatable bonds is 8. The normalized spacial score (nSPS) is 21.1. The molecule has 10 heteroatoms. The van der Waals surface area contributed by atoms with Gasteiger partial charge in [0.25, 0.3) is 0 Å². The largest absolute Gasteiger partial charge is 0.493 e. The van der Waals surface area contributed by atoms with E-state index in [1.165, 1.54) is 6.33 Å². The fourth-order valence-electron chi connectivity index (χ4n) is 3.55. The number of hydrogen-bond acceptors (Lipinski definition) is 9. The molecule has 0 spiro atoms. The average Bonchev–Trinajstić information content (AvgIpc) is 3.39. The standard InChI is InChI=1S/C21H25N5O5/c1-29-15-6-5-13(8-16(15)30-2)4-3-7-22-20-19-21(24-11-23-20)26(12-25-19)18-9-14(28)17(10-27)31-18/h3-6,8,11-12,14,17-18,27-28H,7,9-10H2,1-2H3,(H,22,23,24)/b4-3+. The molecule has 3 heterocycles. The lowest BCUT2D eigenvalue weighted by molar-refractivity contribution is -0.0432. The summed E-state index contributed by atoms with van der Waals surface area (Å²) in [7, 11) is 3.21. The third kappa shape index (κ3) is 4.31. The van der Waals surface area contributed by atoms with Gasteiger partial charge in [-0.15, -0.1) is 0 Å². The number of anilines is 1. The minimum Gasteiger partial charge on any atom is -0.493 e. The van der Waals surface area contributed by atoms with E-state index in [1.54, 1.807) is 25.1 Å². The molecule has 0 radical (unpaired) electrons. The molecule has 31 heavy (non-hydrogen) atoms. The van der Waals surface area contributed by atoms with Gasteiger partial charge in [0.05, 0.1) is 33.3 Å². The van der Waals surface area contributed by atoms with Gasteiger partial charge in [-0.25, -0.2) is 15.0 Å². The van der Waals surface area contributed by atoms with Crippen LogP contribution in [0.4, 0.5) is 5.82 Å². The molecule has 1 saturated heterocycles. The average molecular weight is 427 g/mol. The van der Waals surface area contributed by atoms with Gasteiger partial charge in [-0.05, 0) is 17.7 Å². The molecule has 0 saturated carbocycles. The Hall–Kier alpha value is -3.21. The van der Waals surface area contributed by atoms with E-state index in [1.807, 2.05) is 30.4 Å². The van der Waals surface area contributed by atoms with Gasteiger partial charge >= 0.3 is 0 Å². The van der Waals surface area contributed by atoms with Gasteiger partial charge in [-0.1, -0.05) is 18.2 Å². The molecule has 3 N–H and O–H groups in total. The van der Waals surface area contributed by atoms with Crippen molar-refractivity contribution in [2.45, 2.75) is 24.9 Å². The molecule has 0 aliphatic carbocycles. The molecule has 0 bridgehead atoms. The predicted octanol–water partition coefficient (Wildman–Crippen LogP) is 1.61.